The molecule has 0 aliphatic rings. The topological polar surface area (TPSA) is 93.1 Å². The molecule has 0 unspecified atom stereocenters. The number of halogens is 1. The molecule has 1 aromatic carbocycles. The summed E-state index contributed by atoms with van der Waals surface area (Å²) < 4.78 is 0. The van der Waals surface area contributed by atoms with Crippen LogP contribution in [0.3, 0.4) is 0 Å². The van der Waals surface area contributed by atoms with E-state index in [4.69, 9.17) is 11.5 Å². The molecule has 19 heavy (non-hydrogen) atoms. The summed E-state index contributed by atoms with van der Waals surface area (Å²) in [4.78, 5) is 11.6. The second kappa shape index (κ2) is 5.41. The van der Waals surface area contributed by atoms with Crippen LogP contribution in [0.4, 0.5) is 5.13 Å². The second-order valence-electron chi connectivity index (χ2n) is 3.82. The Balaban J connectivity index is 0.00000133. The predicted octanol–water partition coefficient (Wildman–Crippen LogP) is 2.77. The van der Waals surface area contributed by atoms with Crippen LogP contribution in [-0.4, -0.2) is 15.9 Å². The Morgan fingerprint density at radius 2 is 2.05 bits per heavy atom. The van der Waals surface area contributed by atoms with Crippen LogP contribution < -0.4 is 11.5 Å². The molecule has 0 atom stereocenters. The van der Waals surface area contributed by atoms with Crippen molar-refractivity contribution in [1.82, 2.24) is 9.97 Å². The molecule has 2 heterocycles. The molecule has 0 fully saturated rings. The molecule has 5 nitrogen and oxygen atoms in total. The smallest absolute Gasteiger partial charge is 0.212 e. The number of thiazole rings is 1. The molecule has 98 valence electrons. The molecule has 0 radical (unpaired) electrons. The largest absolute Gasteiger partial charge is 0.370 e. The summed E-state index contributed by atoms with van der Waals surface area (Å²) in [6.45, 7) is 0. The molecule has 2 aromatic heterocycles. The fourth-order valence-corrected chi connectivity index (χ4v) is 2.47. The lowest BCUT2D eigenvalue weighted by Crippen LogP contribution is -2.21. The van der Waals surface area contributed by atoms with Gasteiger partial charge in [0.2, 0.25) is 5.13 Å². The molecule has 0 amide bonds. The normalized spacial score (nSPS) is 10.1. The fourth-order valence-electron chi connectivity index (χ4n) is 1.76. The zero-order valence-corrected chi connectivity index (χ0v) is 12.4. The molecule has 0 bridgehead atoms. The van der Waals surface area contributed by atoms with Crippen molar-refractivity contribution in [3.05, 3.63) is 35.7 Å². The molecule has 0 saturated carbocycles. The molecular weight excluding hydrogens is 326 g/mol. The number of guanidine groups is 1. The van der Waals surface area contributed by atoms with E-state index in [1.165, 1.54) is 11.3 Å². The van der Waals surface area contributed by atoms with E-state index in [0.29, 0.717) is 5.13 Å². The Morgan fingerprint density at radius 1 is 1.26 bits per heavy atom. The zero-order valence-electron chi connectivity index (χ0n) is 9.83. The number of aliphatic imine (C=N–C) groups is 1. The van der Waals surface area contributed by atoms with E-state index < -0.39 is 0 Å². The van der Waals surface area contributed by atoms with Crippen molar-refractivity contribution in [3.63, 3.8) is 0 Å². The van der Waals surface area contributed by atoms with E-state index in [9.17, 15) is 0 Å². The van der Waals surface area contributed by atoms with E-state index in [0.717, 1.165) is 22.3 Å². The summed E-state index contributed by atoms with van der Waals surface area (Å²) in [6, 6.07) is 10.1. The lowest BCUT2D eigenvalue weighted by molar-refractivity contribution is 1.30. The van der Waals surface area contributed by atoms with Crippen LogP contribution in [0.2, 0.25) is 0 Å². The molecule has 0 saturated heterocycles. The average molecular weight is 338 g/mol. The Kier molecular flexibility index (Phi) is 3.87. The quantitative estimate of drug-likeness (QED) is 0.495. The standard InChI is InChI=1S/C12H11N5S.BrH/c13-11(14)17-12-16-10(6-18-12)9-5-7-3-1-2-4-8(7)15-9;/h1-6,15H,(H4,13,14,16,17);1H. The van der Waals surface area contributed by atoms with Crippen LogP contribution in [0.1, 0.15) is 0 Å². The molecule has 0 spiro atoms. The van der Waals surface area contributed by atoms with Crippen LogP contribution in [0.25, 0.3) is 22.3 Å². The number of nitrogens with one attached hydrogen (secondary N) is 1. The molecule has 7 heteroatoms. The number of nitrogens with zero attached hydrogens (tertiary/aromatic N) is 2. The summed E-state index contributed by atoms with van der Waals surface area (Å²) in [7, 11) is 0. The van der Waals surface area contributed by atoms with Gasteiger partial charge in [0, 0.05) is 16.3 Å². The van der Waals surface area contributed by atoms with Gasteiger partial charge < -0.3 is 16.5 Å². The fraction of sp³-hybridized carbons (Fsp3) is 0. The zero-order chi connectivity index (χ0) is 12.5. The van der Waals surface area contributed by atoms with E-state index in [2.05, 4.69) is 27.1 Å². The van der Waals surface area contributed by atoms with Crippen LogP contribution in [0.15, 0.2) is 40.7 Å². The highest BCUT2D eigenvalue weighted by Crippen LogP contribution is 2.28. The van der Waals surface area contributed by atoms with Gasteiger partial charge in [-0.3, -0.25) is 0 Å². The lowest BCUT2D eigenvalue weighted by Gasteiger charge is -1.89. The number of fused-ring (bicyclic) bond motifs is 1. The van der Waals surface area contributed by atoms with Crippen molar-refractivity contribution in [2.24, 2.45) is 16.5 Å². The third kappa shape index (κ3) is 2.77. The van der Waals surface area contributed by atoms with Gasteiger partial charge in [-0.05, 0) is 12.1 Å². The van der Waals surface area contributed by atoms with Gasteiger partial charge in [-0.1, -0.05) is 18.2 Å². The molecule has 5 N–H and O–H groups in total. The SMILES string of the molecule is Br.NC(N)=Nc1nc(-c2cc3ccccc3[nH]2)cs1. The highest BCUT2D eigenvalue weighted by molar-refractivity contribution is 8.93. The molecule has 0 aliphatic carbocycles. The minimum atomic E-state index is 0. The Hall–Kier alpha value is -1.86. The van der Waals surface area contributed by atoms with E-state index in [-0.39, 0.29) is 22.9 Å². The number of nitrogens with two attached hydrogens (primary N) is 2. The molecular formula is C12H12BrN5S. The summed E-state index contributed by atoms with van der Waals surface area (Å²) >= 11 is 1.40. The second-order valence-corrected chi connectivity index (χ2v) is 4.66. The number of benzene rings is 1. The monoisotopic (exact) mass is 337 g/mol. The lowest BCUT2D eigenvalue weighted by atomic mass is 10.2. The van der Waals surface area contributed by atoms with Crippen molar-refractivity contribution in [1.29, 1.82) is 0 Å². The predicted molar refractivity (Wildman–Crippen MR) is 85.2 cm³/mol. The maximum absolute atomic E-state index is 5.32. The number of H-pyrrole nitrogens is 1. The van der Waals surface area contributed by atoms with Crippen LogP contribution in [0, 0.1) is 0 Å². The van der Waals surface area contributed by atoms with Crippen LogP contribution >= 0.6 is 28.3 Å². The number of hydrogen-bond acceptors (Lipinski definition) is 3. The van der Waals surface area contributed by atoms with E-state index in [1.54, 1.807) is 0 Å². The number of aromatic amines is 1. The first-order valence-electron chi connectivity index (χ1n) is 5.35. The Bertz CT molecular complexity index is 693. The van der Waals surface area contributed by atoms with Gasteiger partial charge in [-0.25, -0.2) is 4.98 Å². The molecule has 0 aliphatic heterocycles. The first-order valence-corrected chi connectivity index (χ1v) is 6.23. The molecule has 3 aromatic rings. The number of rotatable bonds is 2. The van der Waals surface area contributed by atoms with E-state index >= 15 is 0 Å². The van der Waals surface area contributed by atoms with Gasteiger partial charge in [0.25, 0.3) is 0 Å². The number of para-hydroxylation sites is 1. The number of aromatic nitrogens is 2. The number of hydrogen-bond donors (Lipinski definition) is 3. The summed E-state index contributed by atoms with van der Waals surface area (Å²) in [5.74, 6) is 0.0209. The summed E-state index contributed by atoms with van der Waals surface area (Å²) in [5.41, 5.74) is 13.5. The van der Waals surface area contributed by atoms with Crippen molar-refractivity contribution < 1.29 is 0 Å². The van der Waals surface area contributed by atoms with Crippen molar-refractivity contribution in [2.45, 2.75) is 0 Å². The average Bonchev–Trinajstić information content (AvgIpc) is 2.93. The minimum absolute atomic E-state index is 0. The highest BCUT2D eigenvalue weighted by atomic mass is 79.9. The Morgan fingerprint density at radius 3 is 2.79 bits per heavy atom. The first kappa shape index (κ1) is 13.6. The minimum Gasteiger partial charge on any atom is -0.370 e. The van der Waals surface area contributed by atoms with Crippen molar-refractivity contribution in [3.8, 4) is 11.4 Å². The van der Waals surface area contributed by atoms with E-state index in [1.807, 2.05) is 23.6 Å². The maximum atomic E-state index is 5.32. The van der Waals surface area contributed by atoms with Crippen molar-refractivity contribution in [2.75, 3.05) is 0 Å². The van der Waals surface area contributed by atoms with Gasteiger partial charge in [0.15, 0.2) is 5.96 Å². The highest BCUT2D eigenvalue weighted by Gasteiger charge is 2.07. The first-order chi connectivity index (χ1) is 8.72. The van der Waals surface area contributed by atoms with Gasteiger partial charge in [0.05, 0.1) is 11.4 Å². The summed E-state index contributed by atoms with van der Waals surface area (Å²) in [5, 5.41) is 3.64. The van der Waals surface area contributed by atoms with Gasteiger partial charge in [0.1, 0.15) is 0 Å². The van der Waals surface area contributed by atoms with Gasteiger partial charge in [-0.15, -0.1) is 28.3 Å². The maximum Gasteiger partial charge on any atom is 0.212 e. The Labute approximate surface area is 124 Å². The van der Waals surface area contributed by atoms with Crippen LogP contribution in [0.5, 0.6) is 0 Å². The summed E-state index contributed by atoms with van der Waals surface area (Å²) in [6.07, 6.45) is 0. The van der Waals surface area contributed by atoms with Gasteiger partial charge in [-0.2, -0.15) is 4.99 Å². The van der Waals surface area contributed by atoms with Gasteiger partial charge >= 0.3 is 0 Å². The third-order valence-electron chi connectivity index (χ3n) is 2.52. The van der Waals surface area contributed by atoms with Crippen molar-refractivity contribution >= 4 is 50.3 Å². The third-order valence-corrected chi connectivity index (χ3v) is 3.26. The van der Waals surface area contributed by atoms with Crippen LogP contribution in [-0.2, 0) is 0 Å². The molecule has 3 rings (SSSR count).